The maximum absolute atomic E-state index is 9.37. The summed E-state index contributed by atoms with van der Waals surface area (Å²) in [5, 5.41) is 9.37. The lowest BCUT2D eigenvalue weighted by molar-refractivity contribution is 0.174. The molecule has 0 bridgehead atoms. The molecule has 0 N–H and O–H groups in total. The smallest absolute Gasteiger partial charge is 0.231 e. The van der Waals surface area contributed by atoms with Gasteiger partial charge in [0.25, 0.3) is 0 Å². The number of ether oxygens (including phenoxy) is 2. The lowest BCUT2D eigenvalue weighted by Gasteiger charge is -2.16. The second-order valence-electron chi connectivity index (χ2n) is 4.76. The van der Waals surface area contributed by atoms with Gasteiger partial charge in [-0.1, -0.05) is 18.9 Å². The molecule has 3 rings (SSSR count). The van der Waals surface area contributed by atoms with E-state index in [1.54, 1.807) is 0 Å². The molecule has 0 spiro atoms. The highest BCUT2D eigenvalue weighted by molar-refractivity contribution is 5.46. The SMILES string of the molecule is N#CC(c1ccc2c(c1)OCO2)C1CCCC1. The average Bonchev–Trinajstić information content (AvgIpc) is 2.99. The quantitative estimate of drug-likeness (QED) is 0.782. The van der Waals surface area contributed by atoms with Gasteiger partial charge >= 0.3 is 0 Å². The molecule has 1 unspecified atom stereocenters. The van der Waals surface area contributed by atoms with Crippen molar-refractivity contribution in [1.29, 1.82) is 5.26 Å². The zero-order valence-corrected chi connectivity index (χ0v) is 9.69. The van der Waals surface area contributed by atoms with Crippen LogP contribution in [0, 0.1) is 17.2 Å². The molecular weight excluding hydrogens is 214 g/mol. The molecule has 17 heavy (non-hydrogen) atoms. The van der Waals surface area contributed by atoms with Crippen molar-refractivity contribution in [2.75, 3.05) is 6.79 Å². The Balaban J connectivity index is 1.89. The van der Waals surface area contributed by atoms with Crippen molar-refractivity contribution < 1.29 is 9.47 Å². The van der Waals surface area contributed by atoms with Crippen LogP contribution in [-0.2, 0) is 0 Å². The van der Waals surface area contributed by atoms with Crippen LogP contribution in [0.2, 0.25) is 0 Å². The number of rotatable bonds is 2. The fourth-order valence-electron chi connectivity index (χ4n) is 2.85. The topological polar surface area (TPSA) is 42.2 Å². The third-order valence-corrected chi connectivity index (χ3v) is 3.77. The standard InChI is InChI=1S/C14H15NO2/c15-8-12(10-3-1-2-4-10)11-5-6-13-14(7-11)17-9-16-13/h5-7,10,12H,1-4,9H2. The number of fused-ring (bicyclic) bond motifs is 1. The molecule has 0 saturated heterocycles. The van der Waals surface area contributed by atoms with Crippen molar-refractivity contribution in [2.24, 2.45) is 5.92 Å². The molecule has 1 aliphatic heterocycles. The number of nitrogens with zero attached hydrogens (tertiary/aromatic N) is 1. The zero-order chi connectivity index (χ0) is 11.7. The van der Waals surface area contributed by atoms with E-state index in [1.807, 2.05) is 18.2 Å². The van der Waals surface area contributed by atoms with Crippen LogP contribution in [0.5, 0.6) is 11.5 Å². The van der Waals surface area contributed by atoms with Crippen LogP contribution in [0.1, 0.15) is 37.2 Å². The first-order chi connectivity index (χ1) is 8.38. The molecule has 88 valence electrons. The summed E-state index contributed by atoms with van der Waals surface area (Å²) in [6.45, 7) is 0.291. The van der Waals surface area contributed by atoms with E-state index in [9.17, 15) is 5.26 Å². The fourth-order valence-corrected chi connectivity index (χ4v) is 2.85. The highest BCUT2D eigenvalue weighted by Crippen LogP contribution is 2.40. The van der Waals surface area contributed by atoms with E-state index in [2.05, 4.69) is 6.07 Å². The van der Waals surface area contributed by atoms with Gasteiger partial charge in [0.05, 0.1) is 12.0 Å². The molecule has 1 aromatic carbocycles. The Labute approximate surface area is 101 Å². The second-order valence-corrected chi connectivity index (χ2v) is 4.76. The first-order valence-electron chi connectivity index (χ1n) is 6.17. The maximum Gasteiger partial charge on any atom is 0.231 e. The normalized spacial score (nSPS) is 20.2. The number of hydrogen-bond donors (Lipinski definition) is 0. The minimum Gasteiger partial charge on any atom is -0.454 e. The van der Waals surface area contributed by atoms with Gasteiger partial charge in [0, 0.05) is 0 Å². The van der Waals surface area contributed by atoms with E-state index in [-0.39, 0.29) is 5.92 Å². The molecule has 1 saturated carbocycles. The van der Waals surface area contributed by atoms with E-state index in [0.717, 1.165) is 17.1 Å². The highest BCUT2D eigenvalue weighted by atomic mass is 16.7. The molecule has 1 aromatic rings. The lowest BCUT2D eigenvalue weighted by atomic mass is 9.86. The molecule has 0 radical (unpaired) electrons. The molecular formula is C14H15NO2. The number of nitriles is 1. The molecule has 1 heterocycles. The summed E-state index contributed by atoms with van der Waals surface area (Å²) < 4.78 is 10.7. The van der Waals surface area contributed by atoms with E-state index in [0.29, 0.717) is 12.7 Å². The van der Waals surface area contributed by atoms with E-state index >= 15 is 0 Å². The monoisotopic (exact) mass is 229 g/mol. The number of hydrogen-bond acceptors (Lipinski definition) is 3. The Morgan fingerprint density at radius 1 is 1.18 bits per heavy atom. The molecule has 0 aromatic heterocycles. The largest absolute Gasteiger partial charge is 0.454 e. The van der Waals surface area contributed by atoms with Gasteiger partial charge in [-0.3, -0.25) is 0 Å². The summed E-state index contributed by atoms with van der Waals surface area (Å²) in [7, 11) is 0. The van der Waals surface area contributed by atoms with Gasteiger partial charge in [0.15, 0.2) is 11.5 Å². The molecule has 0 amide bonds. The third-order valence-electron chi connectivity index (χ3n) is 3.77. The second kappa shape index (κ2) is 4.29. The average molecular weight is 229 g/mol. The van der Waals surface area contributed by atoms with Crippen LogP contribution in [-0.4, -0.2) is 6.79 Å². The van der Waals surface area contributed by atoms with Crippen molar-refractivity contribution >= 4 is 0 Å². The molecule has 3 heteroatoms. The summed E-state index contributed by atoms with van der Waals surface area (Å²) in [5.74, 6) is 2.09. The minimum absolute atomic E-state index is 0.00648. The van der Waals surface area contributed by atoms with Crippen molar-refractivity contribution in [3.05, 3.63) is 23.8 Å². The van der Waals surface area contributed by atoms with Gasteiger partial charge in [0.2, 0.25) is 6.79 Å². The molecule has 1 aliphatic carbocycles. The van der Waals surface area contributed by atoms with Crippen molar-refractivity contribution in [1.82, 2.24) is 0 Å². The van der Waals surface area contributed by atoms with Crippen LogP contribution >= 0.6 is 0 Å². The predicted molar refractivity (Wildman–Crippen MR) is 62.9 cm³/mol. The summed E-state index contributed by atoms with van der Waals surface area (Å²) in [6, 6.07) is 8.34. The first kappa shape index (κ1) is 10.5. The summed E-state index contributed by atoms with van der Waals surface area (Å²) in [6.07, 6.45) is 4.86. The predicted octanol–water partition coefficient (Wildman–Crippen LogP) is 3.21. The molecule has 1 fully saturated rings. The van der Waals surface area contributed by atoms with Gasteiger partial charge in [-0.15, -0.1) is 0 Å². The minimum atomic E-state index is 0.00648. The molecule has 3 nitrogen and oxygen atoms in total. The molecule has 2 aliphatic rings. The third kappa shape index (κ3) is 1.84. The summed E-state index contributed by atoms with van der Waals surface area (Å²) >= 11 is 0. The lowest BCUT2D eigenvalue weighted by Crippen LogP contribution is -2.07. The zero-order valence-electron chi connectivity index (χ0n) is 9.69. The molecule has 1 atom stereocenters. The van der Waals surface area contributed by atoms with Gasteiger partial charge in [-0.25, -0.2) is 0 Å². The highest BCUT2D eigenvalue weighted by Gasteiger charge is 2.27. The van der Waals surface area contributed by atoms with Crippen molar-refractivity contribution in [3.63, 3.8) is 0 Å². The van der Waals surface area contributed by atoms with Gasteiger partial charge < -0.3 is 9.47 Å². The van der Waals surface area contributed by atoms with Crippen LogP contribution in [0.4, 0.5) is 0 Å². The Kier molecular flexibility index (Phi) is 2.64. The Hall–Kier alpha value is -1.69. The Bertz CT molecular complexity index is 458. The van der Waals surface area contributed by atoms with Crippen LogP contribution < -0.4 is 9.47 Å². The van der Waals surface area contributed by atoms with Gasteiger partial charge in [0.1, 0.15) is 0 Å². The Morgan fingerprint density at radius 3 is 2.71 bits per heavy atom. The van der Waals surface area contributed by atoms with Gasteiger partial charge in [-0.05, 0) is 36.5 Å². The van der Waals surface area contributed by atoms with E-state index in [4.69, 9.17) is 9.47 Å². The van der Waals surface area contributed by atoms with Crippen LogP contribution in [0.25, 0.3) is 0 Å². The summed E-state index contributed by atoms with van der Waals surface area (Å²) in [4.78, 5) is 0. The first-order valence-corrected chi connectivity index (χ1v) is 6.17. The maximum atomic E-state index is 9.37. The Morgan fingerprint density at radius 2 is 1.94 bits per heavy atom. The van der Waals surface area contributed by atoms with Gasteiger partial charge in [-0.2, -0.15) is 5.26 Å². The van der Waals surface area contributed by atoms with Crippen LogP contribution in [0.15, 0.2) is 18.2 Å². The van der Waals surface area contributed by atoms with Crippen LogP contribution in [0.3, 0.4) is 0 Å². The van der Waals surface area contributed by atoms with Crippen molar-refractivity contribution in [2.45, 2.75) is 31.6 Å². The van der Waals surface area contributed by atoms with E-state index in [1.165, 1.54) is 25.7 Å². The summed E-state index contributed by atoms with van der Waals surface area (Å²) in [5.41, 5.74) is 1.07. The van der Waals surface area contributed by atoms with E-state index < -0.39 is 0 Å². The fraction of sp³-hybridized carbons (Fsp3) is 0.500. The number of benzene rings is 1. The van der Waals surface area contributed by atoms with Crippen molar-refractivity contribution in [3.8, 4) is 17.6 Å².